The molecule has 108 valence electrons. The van der Waals surface area contributed by atoms with Gasteiger partial charge in [0.25, 0.3) is 0 Å². The summed E-state index contributed by atoms with van der Waals surface area (Å²) in [7, 11) is 0. The molecule has 1 aromatic carbocycles. The fourth-order valence-electron chi connectivity index (χ4n) is 1.64. The van der Waals surface area contributed by atoms with E-state index in [1.54, 1.807) is 24.3 Å². The van der Waals surface area contributed by atoms with E-state index in [0.29, 0.717) is 13.2 Å². The van der Waals surface area contributed by atoms with Gasteiger partial charge in [-0.2, -0.15) is 0 Å². The summed E-state index contributed by atoms with van der Waals surface area (Å²) < 4.78 is 15.2. The van der Waals surface area contributed by atoms with Crippen LogP contribution in [0.2, 0.25) is 0 Å². The minimum atomic E-state index is -0.524. The van der Waals surface area contributed by atoms with E-state index in [9.17, 15) is 9.59 Å². The molecule has 0 bridgehead atoms. The van der Waals surface area contributed by atoms with E-state index in [-0.39, 0.29) is 23.8 Å². The van der Waals surface area contributed by atoms with Gasteiger partial charge >= 0.3 is 11.9 Å². The summed E-state index contributed by atoms with van der Waals surface area (Å²) >= 11 is 0. The van der Waals surface area contributed by atoms with Crippen molar-refractivity contribution in [2.45, 2.75) is 25.9 Å². The van der Waals surface area contributed by atoms with E-state index in [0.717, 1.165) is 12.8 Å². The highest BCUT2D eigenvalue weighted by Crippen LogP contribution is 2.14. The number of epoxide rings is 1. The smallest absolute Gasteiger partial charge is 0.339 e. The molecule has 1 aliphatic heterocycles. The molecule has 0 N–H and O–H groups in total. The van der Waals surface area contributed by atoms with Crippen molar-refractivity contribution in [3.05, 3.63) is 35.4 Å². The van der Waals surface area contributed by atoms with Crippen molar-refractivity contribution < 1.29 is 23.8 Å². The van der Waals surface area contributed by atoms with E-state index < -0.39 is 11.9 Å². The van der Waals surface area contributed by atoms with Crippen molar-refractivity contribution in [1.82, 2.24) is 0 Å². The molecular weight excluding hydrogens is 260 g/mol. The summed E-state index contributed by atoms with van der Waals surface area (Å²) in [5.41, 5.74) is 0.472. The van der Waals surface area contributed by atoms with Crippen LogP contribution in [0, 0.1) is 0 Å². The highest BCUT2D eigenvalue weighted by molar-refractivity contribution is 6.03. The lowest BCUT2D eigenvalue weighted by Gasteiger charge is -2.09. The Hall–Kier alpha value is -1.88. The second kappa shape index (κ2) is 7.05. The summed E-state index contributed by atoms with van der Waals surface area (Å²) in [5.74, 6) is -1.02. The van der Waals surface area contributed by atoms with Crippen LogP contribution in [-0.2, 0) is 14.2 Å². The molecule has 5 heteroatoms. The maximum atomic E-state index is 11.9. The Morgan fingerprint density at radius 2 is 1.80 bits per heavy atom. The molecule has 0 aliphatic carbocycles. The summed E-state index contributed by atoms with van der Waals surface area (Å²) in [6, 6.07) is 6.51. The van der Waals surface area contributed by atoms with Crippen LogP contribution in [0.15, 0.2) is 24.3 Å². The molecule has 0 aromatic heterocycles. The van der Waals surface area contributed by atoms with Crippen LogP contribution in [0.3, 0.4) is 0 Å². The van der Waals surface area contributed by atoms with Crippen molar-refractivity contribution in [2.24, 2.45) is 0 Å². The van der Waals surface area contributed by atoms with Crippen molar-refractivity contribution in [2.75, 3.05) is 19.8 Å². The average Bonchev–Trinajstić information content (AvgIpc) is 3.29. The predicted octanol–water partition coefficient (Wildman–Crippen LogP) is 2.20. The van der Waals surface area contributed by atoms with Gasteiger partial charge in [0.05, 0.1) is 24.3 Å². The van der Waals surface area contributed by atoms with Crippen molar-refractivity contribution in [1.29, 1.82) is 0 Å². The lowest BCUT2D eigenvalue weighted by Crippen LogP contribution is -2.16. The van der Waals surface area contributed by atoms with Gasteiger partial charge in [0, 0.05) is 0 Å². The zero-order chi connectivity index (χ0) is 14.4. The quantitative estimate of drug-likeness (QED) is 0.434. The normalized spacial score (nSPS) is 16.6. The molecule has 2 rings (SSSR count). The molecule has 1 atom stereocenters. The molecule has 0 amide bonds. The summed E-state index contributed by atoms with van der Waals surface area (Å²) in [4.78, 5) is 23.9. The van der Waals surface area contributed by atoms with Gasteiger partial charge in [-0.3, -0.25) is 0 Å². The third-order valence-corrected chi connectivity index (χ3v) is 2.90. The summed E-state index contributed by atoms with van der Waals surface area (Å²) in [6.45, 7) is 3.21. The monoisotopic (exact) mass is 278 g/mol. The number of hydrogen-bond donors (Lipinski definition) is 0. The van der Waals surface area contributed by atoms with Gasteiger partial charge in [0.1, 0.15) is 12.7 Å². The molecule has 1 saturated heterocycles. The van der Waals surface area contributed by atoms with Gasteiger partial charge in [0.15, 0.2) is 0 Å². The van der Waals surface area contributed by atoms with Gasteiger partial charge in [-0.1, -0.05) is 25.5 Å². The third kappa shape index (κ3) is 4.06. The lowest BCUT2D eigenvalue weighted by molar-refractivity contribution is 0.0440. The van der Waals surface area contributed by atoms with Crippen LogP contribution in [0.1, 0.15) is 40.5 Å². The molecular formula is C15H18O5. The maximum Gasteiger partial charge on any atom is 0.339 e. The number of benzene rings is 1. The first-order valence-electron chi connectivity index (χ1n) is 6.77. The molecule has 1 heterocycles. The molecule has 5 nitrogen and oxygen atoms in total. The number of unbranched alkanes of at least 4 members (excludes halogenated alkanes) is 1. The summed E-state index contributed by atoms with van der Waals surface area (Å²) in [5, 5.41) is 0. The molecule has 1 aromatic rings. The molecule has 0 radical (unpaired) electrons. The minimum Gasteiger partial charge on any atom is -0.462 e. The van der Waals surface area contributed by atoms with Crippen LogP contribution in [0.4, 0.5) is 0 Å². The van der Waals surface area contributed by atoms with Crippen LogP contribution in [-0.4, -0.2) is 37.9 Å². The first-order chi connectivity index (χ1) is 9.72. The van der Waals surface area contributed by atoms with Crippen LogP contribution in [0.5, 0.6) is 0 Å². The highest BCUT2D eigenvalue weighted by Gasteiger charge is 2.26. The van der Waals surface area contributed by atoms with E-state index in [2.05, 4.69) is 0 Å². The molecule has 1 unspecified atom stereocenters. The average molecular weight is 278 g/mol. The predicted molar refractivity (Wildman–Crippen MR) is 71.7 cm³/mol. The zero-order valence-corrected chi connectivity index (χ0v) is 11.5. The Bertz CT molecular complexity index is 479. The van der Waals surface area contributed by atoms with Crippen molar-refractivity contribution >= 4 is 11.9 Å². The van der Waals surface area contributed by atoms with Gasteiger partial charge in [-0.15, -0.1) is 0 Å². The van der Waals surface area contributed by atoms with Crippen LogP contribution >= 0.6 is 0 Å². The van der Waals surface area contributed by atoms with E-state index >= 15 is 0 Å². The SMILES string of the molecule is CCCCOC(=O)c1ccccc1C(=O)OCC1CO1. The van der Waals surface area contributed by atoms with Crippen molar-refractivity contribution in [3.8, 4) is 0 Å². The second-order valence-corrected chi connectivity index (χ2v) is 4.59. The first-order valence-corrected chi connectivity index (χ1v) is 6.77. The Kier molecular flexibility index (Phi) is 5.12. The minimum absolute atomic E-state index is 0.00242. The number of hydrogen-bond acceptors (Lipinski definition) is 5. The largest absolute Gasteiger partial charge is 0.462 e. The Morgan fingerprint density at radius 3 is 2.35 bits per heavy atom. The van der Waals surface area contributed by atoms with Crippen molar-refractivity contribution in [3.63, 3.8) is 0 Å². The standard InChI is InChI=1S/C15H18O5/c1-2-3-8-18-14(16)12-6-4-5-7-13(12)15(17)20-10-11-9-19-11/h4-7,11H,2-3,8-10H2,1H3. The molecule has 1 aliphatic rings. The topological polar surface area (TPSA) is 65.1 Å². The Morgan fingerprint density at radius 1 is 1.20 bits per heavy atom. The third-order valence-electron chi connectivity index (χ3n) is 2.90. The maximum absolute atomic E-state index is 11.9. The van der Waals surface area contributed by atoms with E-state index in [1.807, 2.05) is 6.92 Å². The summed E-state index contributed by atoms with van der Waals surface area (Å²) in [6.07, 6.45) is 1.75. The molecule has 0 saturated carbocycles. The Labute approximate surface area is 117 Å². The fourth-order valence-corrected chi connectivity index (χ4v) is 1.64. The van der Waals surface area contributed by atoms with Crippen LogP contribution in [0.25, 0.3) is 0 Å². The first kappa shape index (κ1) is 14.5. The number of esters is 2. The second-order valence-electron chi connectivity index (χ2n) is 4.59. The van der Waals surface area contributed by atoms with Gasteiger partial charge in [-0.05, 0) is 18.6 Å². The fraction of sp³-hybridized carbons (Fsp3) is 0.467. The van der Waals surface area contributed by atoms with Gasteiger partial charge in [-0.25, -0.2) is 9.59 Å². The number of ether oxygens (including phenoxy) is 3. The van der Waals surface area contributed by atoms with E-state index in [4.69, 9.17) is 14.2 Å². The molecule has 0 spiro atoms. The van der Waals surface area contributed by atoms with Crippen LogP contribution < -0.4 is 0 Å². The zero-order valence-electron chi connectivity index (χ0n) is 11.5. The van der Waals surface area contributed by atoms with Gasteiger partial charge < -0.3 is 14.2 Å². The highest BCUT2D eigenvalue weighted by atomic mass is 16.6. The van der Waals surface area contributed by atoms with Gasteiger partial charge in [0.2, 0.25) is 0 Å². The number of carbonyl (C=O) groups is 2. The number of carbonyl (C=O) groups excluding carboxylic acids is 2. The lowest BCUT2D eigenvalue weighted by atomic mass is 10.1. The number of rotatable bonds is 7. The van der Waals surface area contributed by atoms with E-state index in [1.165, 1.54) is 0 Å². The molecule has 1 fully saturated rings. The molecule has 20 heavy (non-hydrogen) atoms. The Balaban J connectivity index is 2.00.